The molecule has 0 amide bonds. The molecule has 1 aromatic carbocycles. The van der Waals surface area contributed by atoms with E-state index < -0.39 is 0 Å². The fourth-order valence-corrected chi connectivity index (χ4v) is 2.50. The summed E-state index contributed by atoms with van der Waals surface area (Å²) in [6.45, 7) is 0. The van der Waals surface area contributed by atoms with Crippen LogP contribution >= 0.6 is 0 Å². The molecule has 21 heavy (non-hydrogen) atoms. The first-order valence-corrected chi connectivity index (χ1v) is 6.55. The van der Waals surface area contributed by atoms with Crippen LogP contribution in [0.15, 0.2) is 48.8 Å². The van der Waals surface area contributed by atoms with Crippen LogP contribution in [0, 0.1) is 0 Å². The second-order valence-corrected chi connectivity index (χ2v) is 4.64. The number of ether oxygens (including phenoxy) is 2. The Morgan fingerprint density at radius 2 is 1.86 bits per heavy atom. The highest BCUT2D eigenvalue weighted by molar-refractivity contribution is 5.97. The predicted octanol–water partition coefficient (Wildman–Crippen LogP) is 3.44. The van der Waals surface area contributed by atoms with Gasteiger partial charge in [-0.25, -0.2) is 0 Å². The van der Waals surface area contributed by atoms with Gasteiger partial charge in [-0.2, -0.15) is 0 Å². The Morgan fingerprint density at radius 1 is 1.05 bits per heavy atom. The first kappa shape index (κ1) is 13.2. The zero-order valence-electron chi connectivity index (χ0n) is 11.9. The maximum atomic E-state index is 11.5. The highest BCUT2D eigenvalue weighted by atomic mass is 16.5. The van der Waals surface area contributed by atoms with E-state index in [9.17, 15) is 4.79 Å². The number of hydrogen-bond acceptors (Lipinski definition) is 3. The van der Waals surface area contributed by atoms with Crippen LogP contribution in [0.25, 0.3) is 16.6 Å². The van der Waals surface area contributed by atoms with Crippen molar-refractivity contribution in [1.82, 2.24) is 4.40 Å². The van der Waals surface area contributed by atoms with Gasteiger partial charge in [0, 0.05) is 23.5 Å². The average molecular weight is 281 g/mol. The number of benzene rings is 1. The lowest BCUT2D eigenvalue weighted by molar-refractivity contribution is 0.112. The predicted molar refractivity (Wildman–Crippen MR) is 81.3 cm³/mol. The Labute approximate surface area is 122 Å². The molecule has 0 saturated heterocycles. The molecule has 0 spiro atoms. The van der Waals surface area contributed by atoms with Gasteiger partial charge in [-0.05, 0) is 29.8 Å². The number of carbonyl (C=O) groups excluding carboxylic acids is 1. The van der Waals surface area contributed by atoms with E-state index in [1.807, 2.05) is 53.2 Å². The summed E-state index contributed by atoms with van der Waals surface area (Å²) in [4.78, 5) is 11.5. The zero-order valence-corrected chi connectivity index (χ0v) is 11.9. The monoisotopic (exact) mass is 281 g/mol. The highest BCUT2D eigenvalue weighted by Gasteiger charge is 2.13. The van der Waals surface area contributed by atoms with Crippen molar-refractivity contribution < 1.29 is 14.3 Å². The second-order valence-electron chi connectivity index (χ2n) is 4.64. The largest absolute Gasteiger partial charge is 0.493 e. The molecule has 106 valence electrons. The van der Waals surface area contributed by atoms with Crippen molar-refractivity contribution in [2.45, 2.75) is 0 Å². The molecule has 0 aliphatic rings. The molecule has 3 aromatic rings. The standard InChI is InChI=1S/C17H15NO3/c1-20-16-7-6-12(9-17(16)21-2)13-10-18-8-4-3-5-15(18)14(13)11-19/h3-11H,1-2H3. The first-order chi connectivity index (χ1) is 10.3. The van der Waals surface area contributed by atoms with E-state index in [0.717, 1.165) is 22.9 Å². The molecular weight excluding hydrogens is 266 g/mol. The second kappa shape index (κ2) is 5.32. The number of fused-ring (bicyclic) bond motifs is 1. The molecular formula is C17H15NO3. The molecule has 0 aliphatic carbocycles. The third-order valence-corrected chi connectivity index (χ3v) is 3.54. The molecule has 3 rings (SSSR count). The van der Waals surface area contributed by atoms with Gasteiger partial charge in [0.2, 0.25) is 0 Å². The number of methoxy groups -OCH3 is 2. The van der Waals surface area contributed by atoms with Crippen LogP contribution in [0.5, 0.6) is 11.5 Å². The van der Waals surface area contributed by atoms with Gasteiger partial charge in [-0.15, -0.1) is 0 Å². The molecule has 0 atom stereocenters. The third-order valence-electron chi connectivity index (χ3n) is 3.54. The van der Waals surface area contributed by atoms with Gasteiger partial charge in [-0.1, -0.05) is 12.1 Å². The van der Waals surface area contributed by atoms with Crippen LogP contribution in [0.3, 0.4) is 0 Å². The molecule has 2 heterocycles. The topological polar surface area (TPSA) is 39.9 Å². The summed E-state index contributed by atoms with van der Waals surface area (Å²) in [5, 5.41) is 0. The number of carbonyl (C=O) groups is 1. The van der Waals surface area contributed by atoms with E-state index in [2.05, 4.69) is 0 Å². The van der Waals surface area contributed by atoms with Gasteiger partial charge in [0.15, 0.2) is 17.8 Å². The van der Waals surface area contributed by atoms with Gasteiger partial charge in [0.05, 0.1) is 19.7 Å². The van der Waals surface area contributed by atoms with Crippen LogP contribution in [-0.2, 0) is 0 Å². The summed E-state index contributed by atoms with van der Waals surface area (Å²) < 4.78 is 12.5. The number of pyridine rings is 1. The van der Waals surface area contributed by atoms with E-state index in [-0.39, 0.29) is 0 Å². The number of nitrogens with zero attached hydrogens (tertiary/aromatic N) is 1. The van der Waals surface area contributed by atoms with E-state index in [1.54, 1.807) is 14.2 Å². The molecule has 2 aromatic heterocycles. The number of hydrogen-bond donors (Lipinski definition) is 0. The van der Waals surface area contributed by atoms with E-state index in [4.69, 9.17) is 9.47 Å². The van der Waals surface area contributed by atoms with Gasteiger partial charge >= 0.3 is 0 Å². The summed E-state index contributed by atoms with van der Waals surface area (Å²) in [7, 11) is 3.19. The van der Waals surface area contributed by atoms with Crippen molar-refractivity contribution in [3.05, 3.63) is 54.4 Å². The molecule has 0 N–H and O–H groups in total. The van der Waals surface area contributed by atoms with E-state index in [0.29, 0.717) is 17.1 Å². The summed E-state index contributed by atoms with van der Waals surface area (Å²) >= 11 is 0. The van der Waals surface area contributed by atoms with Gasteiger partial charge in [-0.3, -0.25) is 4.79 Å². The first-order valence-electron chi connectivity index (χ1n) is 6.55. The minimum absolute atomic E-state index is 0.641. The lowest BCUT2D eigenvalue weighted by atomic mass is 10.0. The van der Waals surface area contributed by atoms with Crippen molar-refractivity contribution in [3.63, 3.8) is 0 Å². The number of aldehydes is 1. The van der Waals surface area contributed by atoms with Crippen molar-refractivity contribution in [2.24, 2.45) is 0 Å². The summed E-state index contributed by atoms with van der Waals surface area (Å²) in [5.74, 6) is 1.31. The van der Waals surface area contributed by atoms with E-state index in [1.165, 1.54) is 0 Å². The minimum Gasteiger partial charge on any atom is -0.493 e. The Hall–Kier alpha value is -2.75. The quantitative estimate of drug-likeness (QED) is 0.688. The smallest absolute Gasteiger partial charge is 0.161 e. The van der Waals surface area contributed by atoms with Crippen LogP contribution in [0.1, 0.15) is 10.4 Å². The Bertz CT molecular complexity index is 805. The molecule has 0 radical (unpaired) electrons. The fourth-order valence-electron chi connectivity index (χ4n) is 2.50. The van der Waals surface area contributed by atoms with Gasteiger partial charge in [0.25, 0.3) is 0 Å². The SMILES string of the molecule is COc1ccc(-c2cn3ccccc3c2C=O)cc1OC. The van der Waals surface area contributed by atoms with Crippen LogP contribution < -0.4 is 9.47 Å². The number of rotatable bonds is 4. The van der Waals surface area contributed by atoms with Crippen molar-refractivity contribution in [2.75, 3.05) is 14.2 Å². The number of aromatic nitrogens is 1. The summed E-state index contributed by atoms with van der Waals surface area (Å²) in [6.07, 6.45) is 4.76. The fraction of sp³-hybridized carbons (Fsp3) is 0.118. The Morgan fingerprint density at radius 3 is 2.57 bits per heavy atom. The molecule has 0 bridgehead atoms. The summed E-state index contributed by atoms with van der Waals surface area (Å²) in [6, 6.07) is 11.4. The molecule has 0 fully saturated rings. The van der Waals surface area contributed by atoms with Gasteiger partial charge in [0.1, 0.15) is 0 Å². The maximum Gasteiger partial charge on any atom is 0.161 e. The summed E-state index contributed by atoms with van der Waals surface area (Å²) in [5.41, 5.74) is 3.34. The molecule has 0 aliphatic heterocycles. The molecule has 0 unspecified atom stereocenters. The lowest BCUT2D eigenvalue weighted by Gasteiger charge is -2.09. The molecule has 4 heteroatoms. The van der Waals surface area contributed by atoms with Crippen LogP contribution in [0.2, 0.25) is 0 Å². The van der Waals surface area contributed by atoms with Crippen molar-refractivity contribution in [1.29, 1.82) is 0 Å². The van der Waals surface area contributed by atoms with Gasteiger partial charge < -0.3 is 13.9 Å². The molecule has 0 saturated carbocycles. The van der Waals surface area contributed by atoms with Crippen LogP contribution in [0.4, 0.5) is 0 Å². The van der Waals surface area contributed by atoms with Crippen molar-refractivity contribution >= 4 is 11.8 Å². The Kier molecular flexibility index (Phi) is 3.36. The Balaban J connectivity index is 2.22. The maximum absolute atomic E-state index is 11.5. The average Bonchev–Trinajstić information content (AvgIpc) is 2.92. The van der Waals surface area contributed by atoms with Crippen LogP contribution in [-0.4, -0.2) is 24.9 Å². The van der Waals surface area contributed by atoms with E-state index >= 15 is 0 Å². The molecule has 4 nitrogen and oxygen atoms in total. The van der Waals surface area contributed by atoms with Crippen molar-refractivity contribution in [3.8, 4) is 22.6 Å². The third kappa shape index (κ3) is 2.14. The minimum atomic E-state index is 0.641. The lowest BCUT2D eigenvalue weighted by Crippen LogP contribution is -1.91. The zero-order chi connectivity index (χ0) is 14.8. The normalized spacial score (nSPS) is 10.6. The highest BCUT2D eigenvalue weighted by Crippen LogP contribution is 2.34.